The van der Waals surface area contributed by atoms with Crippen LogP contribution in [-0.2, 0) is 27.6 Å². The first-order valence-electron chi connectivity index (χ1n) is 6.09. The molecule has 2 aromatic rings. The average Bonchev–Trinajstić information content (AvgIpc) is 2.69. The third-order valence-corrected chi connectivity index (χ3v) is 3.26. The van der Waals surface area contributed by atoms with E-state index in [1.54, 1.807) is 18.7 Å². The Kier molecular flexibility index (Phi) is 3.18. The van der Waals surface area contributed by atoms with Crippen LogP contribution in [0.4, 0.5) is 0 Å². The third-order valence-electron chi connectivity index (χ3n) is 3.26. The van der Waals surface area contributed by atoms with Gasteiger partial charge in [-0.15, -0.1) is 0 Å². The van der Waals surface area contributed by atoms with Gasteiger partial charge in [0, 0.05) is 27.6 Å². The van der Waals surface area contributed by atoms with Crippen LogP contribution in [0.3, 0.4) is 0 Å². The van der Waals surface area contributed by atoms with Gasteiger partial charge in [0.15, 0.2) is 11.2 Å². The summed E-state index contributed by atoms with van der Waals surface area (Å²) in [4.78, 5) is 28.4. The zero-order valence-electron chi connectivity index (χ0n) is 11.9. The normalized spacial score (nSPS) is 11.0. The van der Waals surface area contributed by atoms with Crippen molar-refractivity contribution in [3.05, 3.63) is 38.3 Å². The Bertz CT molecular complexity index is 786. The molecule has 0 spiro atoms. The molecular formula is C13H18N4O2. The summed E-state index contributed by atoms with van der Waals surface area (Å²) < 4.78 is 4.27. The van der Waals surface area contributed by atoms with E-state index in [2.05, 4.69) is 4.98 Å². The molecule has 6 nitrogen and oxygen atoms in total. The molecule has 0 saturated heterocycles. The molecule has 19 heavy (non-hydrogen) atoms. The number of imidazole rings is 1. The fourth-order valence-corrected chi connectivity index (χ4v) is 2.04. The summed E-state index contributed by atoms with van der Waals surface area (Å²) in [6.45, 7) is 4.02. The van der Waals surface area contributed by atoms with Crippen molar-refractivity contribution in [2.24, 2.45) is 21.1 Å². The van der Waals surface area contributed by atoms with Crippen LogP contribution in [-0.4, -0.2) is 18.7 Å². The summed E-state index contributed by atoms with van der Waals surface area (Å²) in [6, 6.07) is 0. The smallest absolute Gasteiger partial charge is 0.325 e. The van der Waals surface area contributed by atoms with E-state index in [-0.39, 0.29) is 11.2 Å². The Balaban J connectivity index is 2.81. The molecule has 0 aliphatic heterocycles. The van der Waals surface area contributed by atoms with E-state index in [4.69, 9.17) is 0 Å². The topological polar surface area (TPSA) is 61.8 Å². The average molecular weight is 262 g/mol. The fraction of sp³-hybridized carbons (Fsp3) is 0.462. The number of hydrogen-bond donors (Lipinski definition) is 0. The SMILES string of the molecule is CC(C)=CCc1nc2c(c(=O)n(C)c(=O)n2C)n1C. The first-order chi connectivity index (χ1) is 8.84. The van der Waals surface area contributed by atoms with Gasteiger partial charge in [-0.3, -0.25) is 13.9 Å². The van der Waals surface area contributed by atoms with Gasteiger partial charge in [0.1, 0.15) is 5.82 Å². The van der Waals surface area contributed by atoms with Gasteiger partial charge in [-0.05, 0) is 13.8 Å². The summed E-state index contributed by atoms with van der Waals surface area (Å²) in [6.07, 6.45) is 2.69. The molecular weight excluding hydrogens is 244 g/mol. The Morgan fingerprint density at radius 2 is 1.74 bits per heavy atom. The van der Waals surface area contributed by atoms with Crippen LogP contribution in [0.2, 0.25) is 0 Å². The predicted molar refractivity (Wildman–Crippen MR) is 74.3 cm³/mol. The van der Waals surface area contributed by atoms with Gasteiger partial charge in [0.05, 0.1) is 0 Å². The van der Waals surface area contributed by atoms with Crippen molar-refractivity contribution < 1.29 is 0 Å². The zero-order valence-corrected chi connectivity index (χ0v) is 11.9. The van der Waals surface area contributed by atoms with Crippen molar-refractivity contribution in [2.75, 3.05) is 0 Å². The molecule has 0 atom stereocenters. The van der Waals surface area contributed by atoms with Crippen LogP contribution < -0.4 is 11.2 Å². The number of aryl methyl sites for hydroxylation is 2. The van der Waals surface area contributed by atoms with Gasteiger partial charge < -0.3 is 4.57 Å². The van der Waals surface area contributed by atoms with Crippen molar-refractivity contribution in [2.45, 2.75) is 20.3 Å². The van der Waals surface area contributed by atoms with E-state index in [9.17, 15) is 9.59 Å². The summed E-state index contributed by atoms with van der Waals surface area (Å²) in [5.41, 5.74) is 1.42. The van der Waals surface area contributed by atoms with E-state index in [0.717, 1.165) is 10.4 Å². The van der Waals surface area contributed by atoms with Gasteiger partial charge in [-0.25, -0.2) is 9.78 Å². The molecule has 0 aliphatic carbocycles. The van der Waals surface area contributed by atoms with Crippen molar-refractivity contribution in [3.8, 4) is 0 Å². The number of rotatable bonds is 2. The molecule has 0 unspecified atom stereocenters. The highest BCUT2D eigenvalue weighted by atomic mass is 16.2. The lowest BCUT2D eigenvalue weighted by atomic mass is 10.2. The van der Waals surface area contributed by atoms with E-state index >= 15 is 0 Å². The zero-order chi connectivity index (χ0) is 14.3. The minimum atomic E-state index is -0.357. The van der Waals surface area contributed by atoms with Crippen molar-refractivity contribution in [1.82, 2.24) is 18.7 Å². The second-order valence-corrected chi connectivity index (χ2v) is 4.95. The van der Waals surface area contributed by atoms with Crippen LogP contribution in [0.25, 0.3) is 11.2 Å². The Labute approximate surface area is 110 Å². The highest BCUT2D eigenvalue weighted by molar-refractivity contribution is 5.70. The number of allylic oxidation sites excluding steroid dienone is 2. The second-order valence-electron chi connectivity index (χ2n) is 4.95. The molecule has 6 heteroatoms. The van der Waals surface area contributed by atoms with Gasteiger partial charge in [-0.1, -0.05) is 11.6 Å². The maximum absolute atomic E-state index is 12.1. The van der Waals surface area contributed by atoms with E-state index in [1.807, 2.05) is 19.9 Å². The minimum Gasteiger partial charge on any atom is -0.325 e. The van der Waals surface area contributed by atoms with Crippen molar-refractivity contribution >= 4 is 11.2 Å². The lowest BCUT2D eigenvalue weighted by Gasteiger charge is -2.03. The van der Waals surface area contributed by atoms with E-state index < -0.39 is 0 Å². The summed E-state index contributed by atoms with van der Waals surface area (Å²) in [5, 5.41) is 0. The number of nitrogens with zero attached hydrogens (tertiary/aromatic N) is 4. The quantitative estimate of drug-likeness (QED) is 0.740. The Morgan fingerprint density at radius 1 is 1.11 bits per heavy atom. The molecule has 0 fully saturated rings. The molecule has 0 saturated carbocycles. The molecule has 0 aromatic carbocycles. The van der Waals surface area contributed by atoms with Crippen molar-refractivity contribution in [1.29, 1.82) is 0 Å². The summed E-state index contributed by atoms with van der Waals surface area (Å²) in [5.74, 6) is 0.773. The second kappa shape index (κ2) is 4.53. The molecule has 102 valence electrons. The molecule has 0 amide bonds. The van der Waals surface area contributed by atoms with Gasteiger partial charge in [0.2, 0.25) is 0 Å². The monoisotopic (exact) mass is 262 g/mol. The number of fused-ring (bicyclic) bond motifs is 1. The molecule has 2 aromatic heterocycles. The van der Waals surface area contributed by atoms with Gasteiger partial charge in [-0.2, -0.15) is 0 Å². The van der Waals surface area contributed by atoms with Crippen LogP contribution in [0.5, 0.6) is 0 Å². The van der Waals surface area contributed by atoms with E-state index in [1.165, 1.54) is 17.2 Å². The predicted octanol–water partition coefficient (Wildman–Crippen LogP) is 0.479. The largest absolute Gasteiger partial charge is 0.332 e. The standard InChI is InChI=1S/C13H18N4O2/c1-8(2)6-7-9-14-11-10(15(9)3)12(18)17(5)13(19)16(11)4/h6H,7H2,1-5H3. The Morgan fingerprint density at radius 3 is 2.32 bits per heavy atom. The third kappa shape index (κ3) is 2.03. The summed E-state index contributed by atoms with van der Waals surface area (Å²) >= 11 is 0. The first kappa shape index (κ1) is 13.3. The number of hydrogen-bond acceptors (Lipinski definition) is 3. The highest BCUT2D eigenvalue weighted by Gasteiger charge is 2.15. The molecule has 0 radical (unpaired) electrons. The highest BCUT2D eigenvalue weighted by Crippen LogP contribution is 2.10. The molecule has 0 bridgehead atoms. The lowest BCUT2D eigenvalue weighted by Crippen LogP contribution is -2.37. The van der Waals surface area contributed by atoms with Crippen LogP contribution >= 0.6 is 0 Å². The molecule has 0 aliphatic rings. The van der Waals surface area contributed by atoms with Crippen LogP contribution in [0.1, 0.15) is 19.7 Å². The Hall–Kier alpha value is -2.11. The maximum Gasteiger partial charge on any atom is 0.332 e. The van der Waals surface area contributed by atoms with Crippen molar-refractivity contribution in [3.63, 3.8) is 0 Å². The maximum atomic E-state index is 12.1. The van der Waals surface area contributed by atoms with Crippen LogP contribution in [0.15, 0.2) is 21.2 Å². The first-order valence-corrected chi connectivity index (χ1v) is 6.09. The fourth-order valence-electron chi connectivity index (χ4n) is 2.04. The minimum absolute atomic E-state index is 0.309. The van der Waals surface area contributed by atoms with Crippen LogP contribution in [0, 0.1) is 0 Å². The summed E-state index contributed by atoms with van der Waals surface area (Å²) in [7, 11) is 4.91. The number of aromatic nitrogens is 4. The van der Waals surface area contributed by atoms with Gasteiger partial charge in [0.25, 0.3) is 5.56 Å². The molecule has 0 N–H and O–H groups in total. The molecule has 2 rings (SSSR count). The lowest BCUT2D eigenvalue weighted by molar-refractivity contribution is 0.705. The van der Waals surface area contributed by atoms with Gasteiger partial charge >= 0.3 is 5.69 Å². The van der Waals surface area contributed by atoms with E-state index in [0.29, 0.717) is 17.6 Å². The molecule has 2 heterocycles.